The molecule has 0 aromatic carbocycles. The molecule has 0 aromatic heterocycles. The van der Waals surface area contributed by atoms with Crippen molar-refractivity contribution in [3.8, 4) is 0 Å². The van der Waals surface area contributed by atoms with Crippen molar-refractivity contribution in [3.63, 3.8) is 0 Å². The number of nitrogens with zero attached hydrogens (tertiary/aromatic N) is 1. The highest BCUT2D eigenvalue weighted by molar-refractivity contribution is 5.79. The molecule has 2 rings (SSSR count). The van der Waals surface area contributed by atoms with E-state index < -0.39 is 18.1 Å². The third kappa shape index (κ3) is 5.93. The quantitative estimate of drug-likeness (QED) is 0.500. The van der Waals surface area contributed by atoms with Crippen LogP contribution in [0.25, 0.3) is 0 Å². The zero-order valence-electron chi connectivity index (χ0n) is 15.4. The Morgan fingerprint density at radius 3 is 2.46 bits per heavy atom. The second kappa shape index (κ2) is 9.85. The lowest BCUT2D eigenvalue weighted by atomic mass is 9.81. The Morgan fingerprint density at radius 1 is 1.19 bits per heavy atom. The second-order valence-corrected chi connectivity index (χ2v) is 7.65. The lowest BCUT2D eigenvalue weighted by molar-refractivity contribution is -0.529. The minimum absolute atomic E-state index is 0.0482. The first-order chi connectivity index (χ1) is 12.4. The largest absolute Gasteiger partial charge is 0.481 e. The number of carbonyl (C=O) groups is 2. The monoisotopic (exact) mass is 370 g/mol. The number of carbonyl (C=O) groups excluding carboxylic acids is 1. The van der Waals surface area contributed by atoms with Crippen molar-refractivity contribution in [2.24, 2.45) is 11.8 Å². The fourth-order valence-electron chi connectivity index (χ4n) is 4.31. The van der Waals surface area contributed by atoms with Gasteiger partial charge >= 0.3 is 5.97 Å². The maximum Gasteiger partial charge on any atom is 0.303 e. The van der Waals surface area contributed by atoms with Crippen molar-refractivity contribution in [2.45, 2.75) is 82.4 Å². The van der Waals surface area contributed by atoms with Crippen LogP contribution in [-0.4, -0.2) is 47.2 Å². The maximum atomic E-state index is 12.6. The van der Waals surface area contributed by atoms with Crippen molar-refractivity contribution < 1.29 is 24.4 Å². The Balaban J connectivity index is 1.74. The SMILES string of the molecule is COC1CC([N+](=O)[O-])CCC1C(=O)NC1CCC(CCCC(=O)O)CC1. The Bertz CT molecular complexity index is 504. The zero-order valence-corrected chi connectivity index (χ0v) is 15.4. The summed E-state index contributed by atoms with van der Waals surface area (Å²) < 4.78 is 5.36. The van der Waals surface area contributed by atoms with Crippen molar-refractivity contribution in [1.29, 1.82) is 0 Å². The van der Waals surface area contributed by atoms with Crippen LogP contribution in [0.4, 0.5) is 0 Å². The van der Waals surface area contributed by atoms with Gasteiger partial charge in [0, 0.05) is 37.3 Å². The fraction of sp³-hybridized carbons (Fsp3) is 0.889. The minimum Gasteiger partial charge on any atom is -0.481 e. The molecule has 0 aromatic rings. The molecule has 2 fully saturated rings. The number of methoxy groups -OCH3 is 1. The second-order valence-electron chi connectivity index (χ2n) is 7.65. The molecule has 0 heterocycles. The van der Waals surface area contributed by atoms with Crippen LogP contribution in [0.3, 0.4) is 0 Å². The summed E-state index contributed by atoms with van der Waals surface area (Å²) in [7, 11) is 1.51. The number of nitro groups is 1. The molecule has 8 heteroatoms. The van der Waals surface area contributed by atoms with Gasteiger partial charge in [-0.15, -0.1) is 0 Å². The van der Waals surface area contributed by atoms with E-state index in [0.29, 0.717) is 25.2 Å². The molecule has 2 saturated carbocycles. The smallest absolute Gasteiger partial charge is 0.303 e. The predicted molar refractivity (Wildman–Crippen MR) is 94.3 cm³/mol. The average Bonchev–Trinajstić information content (AvgIpc) is 2.62. The molecule has 2 N–H and O–H groups in total. The first kappa shape index (κ1) is 20.6. The first-order valence-corrected chi connectivity index (χ1v) is 9.59. The molecule has 0 aliphatic heterocycles. The highest BCUT2D eigenvalue weighted by Crippen LogP contribution is 2.31. The number of hydrogen-bond acceptors (Lipinski definition) is 5. The van der Waals surface area contributed by atoms with Gasteiger partial charge in [-0.05, 0) is 50.9 Å². The zero-order chi connectivity index (χ0) is 19.1. The molecule has 148 valence electrons. The number of nitrogens with one attached hydrogen (secondary N) is 1. The van der Waals surface area contributed by atoms with E-state index in [1.54, 1.807) is 0 Å². The summed E-state index contributed by atoms with van der Waals surface area (Å²) in [4.78, 5) is 33.9. The molecular formula is C18H30N2O6. The molecule has 8 nitrogen and oxygen atoms in total. The van der Waals surface area contributed by atoms with Gasteiger partial charge in [0.25, 0.3) is 0 Å². The van der Waals surface area contributed by atoms with Gasteiger partial charge in [0.2, 0.25) is 11.9 Å². The predicted octanol–water partition coefficient (Wildman–Crippen LogP) is 2.38. The Morgan fingerprint density at radius 2 is 1.88 bits per heavy atom. The third-order valence-electron chi connectivity index (χ3n) is 5.90. The Labute approximate surface area is 153 Å². The summed E-state index contributed by atoms with van der Waals surface area (Å²) in [5.41, 5.74) is 0. The normalized spacial score (nSPS) is 32.0. The highest BCUT2D eigenvalue weighted by Gasteiger charge is 2.40. The lowest BCUT2D eigenvalue weighted by Gasteiger charge is -2.34. The lowest BCUT2D eigenvalue weighted by Crippen LogP contribution is -2.48. The number of rotatable bonds is 8. The first-order valence-electron chi connectivity index (χ1n) is 9.59. The summed E-state index contributed by atoms with van der Waals surface area (Å²) in [6.07, 6.45) is 6.50. The molecule has 0 radical (unpaired) electrons. The number of ether oxygens (including phenoxy) is 1. The Hall–Kier alpha value is -1.70. The highest BCUT2D eigenvalue weighted by atomic mass is 16.6. The minimum atomic E-state index is -0.745. The fourth-order valence-corrected chi connectivity index (χ4v) is 4.31. The maximum absolute atomic E-state index is 12.6. The van der Waals surface area contributed by atoms with Crippen LogP contribution in [0.15, 0.2) is 0 Å². The Kier molecular flexibility index (Phi) is 7.81. The van der Waals surface area contributed by atoms with Crippen LogP contribution in [0, 0.1) is 22.0 Å². The van der Waals surface area contributed by atoms with E-state index in [1.807, 2.05) is 0 Å². The summed E-state index contributed by atoms with van der Waals surface area (Å²) >= 11 is 0. The molecule has 2 aliphatic rings. The summed E-state index contributed by atoms with van der Waals surface area (Å²) in [6.45, 7) is 0. The summed E-state index contributed by atoms with van der Waals surface area (Å²) in [6, 6.07) is -0.478. The number of carboxylic acids is 1. The van der Waals surface area contributed by atoms with Gasteiger partial charge in [0.15, 0.2) is 0 Å². The number of aliphatic carboxylic acids is 1. The molecule has 2 aliphatic carbocycles. The average molecular weight is 370 g/mol. The van der Waals surface area contributed by atoms with E-state index >= 15 is 0 Å². The van der Waals surface area contributed by atoms with Gasteiger partial charge in [-0.1, -0.05) is 0 Å². The number of carboxylic acid groups (broad SMARTS) is 1. The van der Waals surface area contributed by atoms with E-state index in [-0.39, 0.29) is 35.6 Å². The van der Waals surface area contributed by atoms with Crippen LogP contribution in [0.1, 0.15) is 64.2 Å². The molecular weight excluding hydrogens is 340 g/mol. The molecule has 0 spiro atoms. The van der Waals surface area contributed by atoms with Crippen LogP contribution in [0.2, 0.25) is 0 Å². The topological polar surface area (TPSA) is 119 Å². The molecule has 26 heavy (non-hydrogen) atoms. The van der Waals surface area contributed by atoms with Crippen LogP contribution in [-0.2, 0) is 14.3 Å². The molecule has 3 atom stereocenters. The van der Waals surface area contributed by atoms with Gasteiger partial charge in [0.1, 0.15) is 0 Å². The van der Waals surface area contributed by atoms with Gasteiger partial charge < -0.3 is 15.2 Å². The van der Waals surface area contributed by atoms with Gasteiger partial charge in [-0.2, -0.15) is 0 Å². The van der Waals surface area contributed by atoms with Crippen molar-refractivity contribution in [2.75, 3.05) is 7.11 Å². The van der Waals surface area contributed by atoms with Crippen LogP contribution < -0.4 is 5.32 Å². The van der Waals surface area contributed by atoms with Gasteiger partial charge in [-0.3, -0.25) is 19.7 Å². The van der Waals surface area contributed by atoms with E-state index in [1.165, 1.54) is 7.11 Å². The van der Waals surface area contributed by atoms with E-state index in [9.17, 15) is 19.7 Å². The van der Waals surface area contributed by atoms with Crippen molar-refractivity contribution in [3.05, 3.63) is 10.1 Å². The van der Waals surface area contributed by atoms with Crippen molar-refractivity contribution >= 4 is 11.9 Å². The van der Waals surface area contributed by atoms with E-state index in [4.69, 9.17) is 9.84 Å². The number of hydrogen-bond donors (Lipinski definition) is 2. The molecule has 0 bridgehead atoms. The molecule has 1 amide bonds. The summed E-state index contributed by atoms with van der Waals surface area (Å²) in [5, 5.41) is 22.8. The molecule has 0 saturated heterocycles. The van der Waals surface area contributed by atoms with E-state index in [0.717, 1.165) is 32.1 Å². The van der Waals surface area contributed by atoms with E-state index in [2.05, 4.69) is 5.32 Å². The van der Waals surface area contributed by atoms with Gasteiger partial charge in [0.05, 0.1) is 12.0 Å². The molecule has 3 unspecified atom stereocenters. The third-order valence-corrected chi connectivity index (χ3v) is 5.90. The standard InChI is InChI=1S/C18H30N2O6/c1-26-16-11-14(20(24)25)9-10-15(16)18(23)19-13-7-5-12(6-8-13)3-2-4-17(21)22/h12-16H,2-11H2,1H3,(H,19,23)(H,21,22). The van der Waals surface area contributed by atoms with Crippen molar-refractivity contribution in [1.82, 2.24) is 5.32 Å². The summed E-state index contributed by atoms with van der Waals surface area (Å²) in [5.74, 6) is -0.562. The van der Waals surface area contributed by atoms with Crippen LogP contribution in [0.5, 0.6) is 0 Å². The van der Waals surface area contributed by atoms with Gasteiger partial charge in [-0.25, -0.2) is 0 Å². The van der Waals surface area contributed by atoms with Crippen LogP contribution >= 0.6 is 0 Å². The number of amides is 1.